The Bertz CT molecular complexity index is 287. The van der Waals surface area contributed by atoms with Crippen LogP contribution in [0.2, 0.25) is 0 Å². The van der Waals surface area contributed by atoms with Gasteiger partial charge in [-0.25, -0.2) is 4.98 Å². The van der Waals surface area contributed by atoms with Crippen LogP contribution in [-0.4, -0.2) is 36.6 Å². The molecule has 0 saturated carbocycles. The van der Waals surface area contributed by atoms with Crippen molar-refractivity contribution >= 4 is 11.3 Å². The molecule has 1 aliphatic heterocycles. The summed E-state index contributed by atoms with van der Waals surface area (Å²) in [5, 5.41) is 1.11. The quantitative estimate of drug-likeness (QED) is 0.683. The molecule has 2 heterocycles. The summed E-state index contributed by atoms with van der Waals surface area (Å²) in [6.45, 7) is 4.89. The highest BCUT2D eigenvalue weighted by Gasteiger charge is 2.21. The number of aromatic nitrogens is 1. The van der Waals surface area contributed by atoms with Crippen LogP contribution in [0.4, 0.5) is 0 Å². The number of hydrogen-bond donors (Lipinski definition) is 0. The van der Waals surface area contributed by atoms with Crippen molar-refractivity contribution in [2.45, 2.75) is 13.0 Å². The molecule has 0 spiro atoms. The minimum absolute atomic E-state index is 0.192. The molecule has 1 unspecified atom stereocenters. The fraction of sp³-hybridized carbons (Fsp3) is 0.667. The maximum absolute atomic E-state index is 5.65. The second-order valence-electron chi connectivity index (χ2n) is 3.43. The third-order valence-corrected chi connectivity index (χ3v) is 3.19. The molecule has 1 aromatic rings. The van der Waals surface area contributed by atoms with Crippen molar-refractivity contribution in [3.05, 3.63) is 16.1 Å². The van der Waals surface area contributed by atoms with E-state index in [0.717, 1.165) is 24.7 Å². The summed E-state index contributed by atoms with van der Waals surface area (Å²) in [5.74, 6) is 0. The van der Waals surface area contributed by atoms with Crippen LogP contribution in [0.5, 0.6) is 0 Å². The first kappa shape index (κ1) is 9.12. The van der Waals surface area contributed by atoms with Gasteiger partial charge in [0.05, 0.1) is 6.61 Å². The van der Waals surface area contributed by atoms with Crippen molar-refractivity contribution in [2.24, 2.45) is 0 Å². The summed E-state index contributed by atoms with van der Waals surface area (Å²) in [5.41, 5.74) is 0. The Balaban J connectivity index is 2.08. The largest absolute Gasteiger partial charge is 0.368 e. The topological polar surface area (TPSA) is 25.4 Å². The van der Waals surface area contributed by atoms with Gasteiger partial charge < -0.3 is 9.64 Å². The average molecular weight is 198 g/mol. The fourth-order valence-electron chi connectivity index (χ4n) is 1.45. The third-order valence-electron chi connectivity index (χ3n) is 2.18. The molecule has 1 atom stereocenters. The number of rotatable bonds is 1. The van der Waals surface area contributed by atoms with Crippen LogP contribution in [0.25, 0.3) is 0 Å². The highest BCUT2D eigenvalue weighted by Crippen LogP contribution is 2.25. The van der Waals surface area contributed by atoms with E-state index in [1.165, 1.54) is 4.88 Å². The Morgan fingerprint density at radius 3 is 3.15 bits per heavy atom. The first-order chi connectivity index (χ1) is 6.25. The van der Waals surface area contributed by atoms with Crippen molar-refractivity contribution in [3.63, 3.8) is 0 Å². The van der Waals surface area contributed by atoms with Crippen molar-refractivity contribution in [3.8, 4) is 0 Å². The van der Waals surface area contributed by atoms with Crippen molar-refractivity contribution < 1.29 is 4.74 Å². The third kappa shape index (κ3) is 2.07. The summed E-state index contributed by atoms with van der Waals surface area (Å²) < 4.78 is 5.65. The van der Waals surface area contributed by atoms with E-state index in [9.17, 15) is 0 Å². The molecular formula is C9H14N2OS. The molecule has 0 amide bonds. The van der Waals surface area contributed by atoms with Crippen molar-refractivity contribution in [2.75, 3.05) is 26.7 Å². The van der Waals surface area contributed by atoms with Gasteiger partial charge in [0.15, 0.2) is 0 Å². The van der Waals surface area contributed by atoms with E-state index in [1.807, 2.05) is 6.20 Å². The standard InChI is InChI=1S/C9H14N2OS/c1-7-5-10-9(13-7)8-6-11(2)3-4-12-8/h5,8H,3-4,6H2,1-2H3. The van der Waals surface area contributed by atoms with Gasteiger partial charge >= 0.3 is 0 Å². The molecule has 0 radical (unpaired) electrons. The first-order valence-corrected chi connectivity index (χ1v) is 5.30. The molecule has 1 aromatic heterocycles. The van der Waals surface area contributed by atoms with E-state index in [0.29, 0.717) is 0 Å². The summed E-state index contributed by atoms with van der Waals surface area (Å²) >= 11 is 1.73. The average Bonchev–Trinajstić information content (AvgIpc) is 2.52. The highest BCUT2D eigenvalue weighted by molar-refractivity contribution is 7.11. The van der Waals surface area contributed by atoms with Crippen LogP contribution in [-0.2, 0) is 4.74 Å². The van der Waals surface area contributed by atoms with E-state index >= 15 is 0 Å². The highest BCUT2D eigenvalue weighted by atomic mass is 32.1. The maximum Gasteiger partial charge on any atom is 0.123 e. The van der Waals surface area contributed by atoms with E-state index in [1.54, 1.807) is 11.3 Å². The van der Waals surface area contributed by atoms with Gasteiger partial charge in [0.2, 0.25) is 0 Å². The van der Waals surface area contributed by atoms with Gasteiger partial charge in [0, 0.05) is 24.2 Å². The van der Waals surface area contributed by atoms with E-state index in [4.69, 9.17) is 4.74 Å². The second-order valence-corrected chi connectivity index (χ2v) is 4.70. The van der Waals surface area contributed by atoms with Crippen LogP contribution in [0, 0.1) is 6.92 Å². The Morgan fingerprint density at radius 2 is 2.54 bits per heavy atom. The fourth-order valence-corrected chi connectivity index (χ4v) is 2.26. The number of aryl methyl sites for hydroxylation is 1. The minimum atomic E-state index is 0.192. The van der Waals surface area contributed by atoms with Gasteiger partial charge in [-0.05, 0) is 14.0 Å². The van der Waals surface area contributed by atoms with Crippen molar-refractivity contribution in [1.29, 1.82) is 0 Å². The van der Waals surface area contributed by atoms with Gasteiger partial charge in [-0.15, -0.1) is 11.3 Å². The maximum atomic E-state index is 5.65. The molecule has 0 bridgehead atoms. The molecule has 1 saturated heterocycles. The molecule has 3 nitrogen and oxygen atoms in total. The lowest BCUT2D eigenvalue weighted by atomic mass is 10.3. The molecule has 13 heavy (non-hydrogen) atoms. The molecule has 4 heteroatoms. The zero-order chi connectivity index (χ0) is 9.26. The number of likely N-dealkylation sites (N-methyl/N-ethyl adjacent to an activating group) is 1. The SMILES string of the molecule is Cc1cnc(C2CN(C)CCO2)s1. The normalized spacial score (nSPS) is 24.9. The lowest BCUT2D eigenvalue weighted by Gasteiger charge is -2.28. The zero-order valence-electron chi connectivity index (χ0n) is 7.99. The Hall–Kier alpha value is -0.450. The predicted octanol–water partition coefficient (Wildman–Crippen LogP) is 1.45. The van der Waals surface area contributed by atoms with Crippen LogP contribution in [0.15, 0.2) is 6.20 Å². The predicted molar refractivity (Wildman–Crippen MR) is 53.0 cm³/mol. The van der Waals surface area contributed by atoms with Gasteiger partial charge in [-0.1, -0.05) is 0 Å². The lowest BCUT2D eigenvalue weighted by molar-refractivity contribution is -0.0209. The van der Waals surface area contributed by atoms with E-state index in [-0.39, 0.29) is 6.10 Å². The molecule has 1 aliphatic rings. The summed E-state index contributed by atoms with van der Waals surface area (Å²) in [4.78, 5) is 7.88. The number of hydrogen-bond acceptors (Lipinski definition) is 4. The summed E-state index contributed by atoms with van der Waals surface area (Å²) in [7, 11) is 2.12. The number of ether oxygens (including phenoxy) is 1. The summed E-state index contributed by atoms with van der Waals surface area (Å²) in [6, 6.07) is 0. The van der Waals surface area contributed by atoms with E-state index < -0.39 is 0 Å². The van der Waals surface area contributed by atoms with Crippen LogP contribution in [0.1, 0.15) is 16.0 Å². The molecule has 1 fully saturated rings. The van der Waals surface area contributed by atoms with Crippen LogP contribution < -0.4 is 0 Å². The van der Waals surface area contributed by atoms with Gasteiger partial charge in [0.1, 0.15) is 11.1 Å². The van der Waals surface area contributed by atoms with Crippen LogP contribution >= 0.6 is 11.3 Å². The first-order valence-electron chi connectivity index (χ1n) is 4.48. The second kappa shape index (κ2) is 3.74. The summed E-state index contributed by atoms with van der Waals surface area (Å²) in [6.07, 6.45) is 2.11. The zero-order valence-corrected chi connectivity index (χ0v) is 8.80. The molecule has 0 aromatic carbocycles. The Morgan fingerprint density at radius 1 is 1.69 bits per heavy atom. The van der Waals surface area contributed by atoms with Gasteiger partial charge in [-0.3, -0.25) is 0 Å². The van der Waals surface area contributed by atoms with Crippen molar-refractivity contribution in [1.82, 2.24) is 9.88 Å². The molecule has 72 valence electrons. The molecule has 0 N–H and O–H groups in total. The van der Waals surface area contributed by atoms with E-state index in [2.05, 4.69) is 23.9 Å². The monoisotopic (exact) mass is 198 g/mol. The minimum Gasteiger partial charge on any atom is -0.368 e. The van der Waals surface area contributed by atoms with Gasteiger partial charge in [-0.2, -0.15) is 0 Å². The van der Waals surface area contributed by atoms with Crippen LogP contribution in [0.3, 0.4) is 0 Å². The Kier molecular flexibility index (Phi) is 2.62. The lowest BCUT2D eigenvalue weighted by Crippen LogP contribution is -2.35. The van der Waals surface area contributed by atoms with Gasteiger partial charge in [0.25, 0.3) is 0 Å². The number of thiazole rings is 1. The Labute approximate surface area is 82.3 Å². The number of morpholine rings is 1. The smallest absolute Gasteiger partial charge is 0.123 e. The molecular weight excluding hydrogens is 184 g/mol. The molecule has 0 aliphatic carbocycles. The molecule has 2 rings (SSSR count). The number of nitrogens with zero attached hydrogens (tertiary/aromatic N) is 2.